The third-order valence-electron chi connectivity index (χ3n) is 2.39. The molecule has 0 radical (unpaired) electrons. The van der Waals surface area contributed by atoms with Gasteiger partial charge in [-0.15, -0.1) is 0 Å². The first-order valence-corrected chi connectivity index (χ1v) is 6.19. The molecule has 0 atom stereocenters. The zero-order valence-corrected chi connectivity index (χ0v) is 11.2. The van der Waals surface area contributed by atoms with E-state index in [4.69, 9.17) is 27.9 Å². The van der Waals surface area contributed by atoms with Crippen molar-refractivity contribution in [1.82, 2.24) is 4.98 Å². The number of ether oxygens (including phenoxy) is 1. The van der Waals surface area contributed by atoms with E-state index in [1.54, 1.807) is 19.1 Å². The molecule has 0 fully saturated rings. The molecule has 1 aromatic carbocycles. The second-order valence-corrected chi connectivity index (χ2v) is 4.42. The summed E-state index contributed by atoms with van der Waals surface area (Å²) in [5.74, 6) is -0.375. The molecule has 1 heterocycles. The minimum atomic E-state index is -0.375. The Kier molecular flexibility index (Phi) is 3.94. The zero-order valence-electron chi connectivity index (χ0n) is 9.67. The maximum absolute atomic E-state index is 11.2. The Bertz CT molecular complexity index is 617. The fourth-order valence-electron chi connectivity index (χ4n) is 1.60. The number of nitrogens with one attached hydrogen (secondary N) is 1. The number of aromatic nitrogens is 1. The van der Waals surface area contributed by atoms with E-state index in [2.05, 4.69) is 4.98 Å². The van der Waals surface area contributed by atoms with E-state index in [-0.39, 0.29) is 5.97 Å². The number of halogens is 2. The lowest BCUT2D eigenvalue weighted by molar-refractivity contribution is -0.137. The van der Waals surface area contributed by atoms with Gasteiger partial charge in [-0.25, -0.2) is 4.79 Å². The van der Waals surface area contributed by atoms with Crippen LogP contribution in [0, 0.1) is 0 Å². The first-order chi connectivity index (χ1) is 8.61. The van der Waals surface area contributed by atoms with Gasteiger partial charge in [-0.05, 0) is 25.1 Å². The van der Waals surface area contributed by atoms with Gasteiger partial charge in [0.25, 0.3) is 0 Å². The molecule has 0 aliphatic heterocycles. The maximum atomic E-state index is 11.2. The van der Waals surface area contributed by atoms with Gasteiger partial charge in [0.1, 0.15) is 0 Å². The Morgan fingerprint density at radius 2 is 2.22 bits per heavy atom. The predicted octanol–water partition coefficient (Wildman–Crippen LogP) is 4.05. The molecule has 0 aliphatic rings. The molecule has 0 amide bonds. The van der Waals surface area contributed by atoms with E-state index in [1.807, 2.05) is 12.1 Å². The summed E-state index contributed by atoms with van der Waals surface area (Å²) in [5, 5.41) is 1.91. The number of rotatable bonds is 3. The number of aromatic amines is 1. The van der Waals surface area contributed by atoms with Gasteiger partial charge >= 0.3 is 5.97 Å². The molecule has 94 valence electrons. The standard InChI is InChI=1S/C13H11Cl2NO2/c1-2-18-11(17)6-4-9-7-8-3-5-10(14)12(15)13(8)16-9/h3-7,16H,2H2,1H3. The van der Waals surface area contributed by atoms with E-state index in [9.17, 15) is 4.79 Å². The summed E-state index contributed by atoms with van der Waals surface area (Å²) in [6.07, 6.45) is 3.01. The van der Waals surface area contributed by atoms with Gasteiger partial charge in [0.2, 0.25) is 0 Å². The lowest BCUT2D eigenvalue weighted by Gasteiger charge is -1.95. The second-order valence-electron chi connectivity index (χ2n) is 3.64. The number of esters is 1. The zero-order chi connectivity index (χ0) is 13.1. The Hall–Kier alpha value is -1.45. The molecule has 1 aromatic heterocycles. The van der Waals surface area contributed by atoms with Crippen molar-refractivity contribution in [1.29, 1.82) is 0 Å². The number of H-pyrrole nitrogens is 1. The SMILES string of the molecule is CCOC(=O)C=Cc1cc2ccc(Cl)c(Cl)c2[nH]1. The van der Waals surface area contributed by atoms with E-state index < -0.39 is 0 Å². The van der Waals surface area contributed by atoms with Crippen molar-refractivity contribution in [2.75, 3.05) is 6.61 Å². The van der Waals surface area contributed by atoms with Crippen molar-refractivity contribution in [3.8, 4) is 0 Å². The van der Waals surface area contributed by atoms with Crippen LogP contribution in [0.5, 0.6) is 0 Å². The first kappa shape index (κ1) is 13.0. The molecule has 5 heteroatoms. The van der Waals surface area contributed by atoms with Crippen molar-refractivity contribution in [2.24, 2.45) is 0 Å². The van der Waals surface area contributed by atoms with Crippen LogP contribution in [0.1, 0.15) is 12.6 Å². The molecule has 0 saturated carbocycles. The monoisotopic (exact) mass is 283 g/mol. The molecule has 2 rings (SSSR count). The van der Waals surface area contributed by atoms with Gasteiger partial charge in [-0.3, -0.25) is 0 Å². The second kappa shape index (κ2) is 5.46. The quantitative estimate of drug-likeness (QED) is 0.682. The Morgan fingerprint density at radius 1 is 1.44 bits per heavy atom. The van der Waals surface area contributed by atoms with Crippen LogP contribution in [0.25, 0.3) is 17.0 Å². The van der Waals surface area contributed by atoms with E-state index in [1.165, 1.54) is 6.08 Å². The summed E-state index contributed by atoms with van der Waals surface area (Å²) in [5.41, 5.74) is 1.52. The largest absolute Gasteiger partial charge is 0.463 e. The molecule has 0 unspecified atom stereocenters. The smallest absolute Gasteiger partial charge is 0.330 e. The van der Waals surface area contributed by atoms with Crippen molar-refractivity contribution in [3.05, 3.63) is 40.0 Å². The van der Waals surface area contributed by atoms with E-state index in [0.717, 1.165) is 16.6 Å². The molecular weight excluding hydrogens is 273 g/mol. The Morgan fingerprint density at radius 3 is 2.94 bits per heavy atom. The van der Waals surface area contributed by atoms with E-state index >= 15 is 0 Å². The average Bonchev–Trinajstić information content (AvgIpc) is 2.76. The third kappa shape index (κ3) is 2.68. The van der Waals surface area contributed by atoms with Crippen LogP contribution in [0.2, 0.25) is 10.0 Å². The number of carbonyl (C=O) groups excluding carboxylic acids is 1. The van der Waals surface area contributed by atoms with E-state index in [0.29, 0.717) is 16.7 Å². The molecule has 1 N–H and O–H groups in total. The number of carbonyl (C=O) groups is 1. The fraction of sp³-hybridized carbons (Fsp3) is 0.154. The lowest BCUT2D eigenvalue weighted by Crippen LogP contribution is -1.98. The van der Waals surface area contributed by atoms with Crippen LogP contribution >= 0.6 is 23.2 Å². The third-order valence-corrected chi connectivity index (χ3v) is 3.20. The lowest BCUT2D eigenvalue weighted by atomic mass is 10.2. The molecule has 0 bridgehead atoms. The van der Waals surface area contributed by atoms with Crippen LogP contribution in [-0.4, -0.2) is 17.6 Å². The molecule has 0 aliphatic carbocycles. The number of hydrogen-bond acceptors (Lipinski definition) is 2. The van der Waals surface area contributed by atoms with Crippen molar-refractivity contribution < 1.29 is 9.53 Å². The van der Waals surface area contributed by atoms with Crippen LogP contribution in [0.3, 0.4) is 0 Å². The van der Waals surface area contributed by atoms with Gasteiger partial charge in [0.15, 0.2) is 0 Å². The van der Waals surface area contributed by atoms with Crippen molar-refractivity contribution in [3.63, 3.8) is 0 Å². The first-order valence-electron chi connectivity index (χ1n) is 5.43. The normalized spacial score (nSPS) is 11.3. The average molecular weight is 284 g/mol. The summed E-state index contributed by atoms with van der Waals surface area (Å²) in [6.45, 7) is 2.12. The summed E-state index contributed by atoms with van der Waals surface area (Å²) >= 11 is 12.0. The topological polar surface area (TPSA) is 42.1 Å². The van der Waals surface area contributed by atoms with Crippen LogP contribution in [0.15, 0.2) is 24.3 Å². The van der Waals surface area contributed by atoms with Gasteiger partial charge in [-0.2, -0.15) is 0 Å². The molecular formula is C13H11Cl2NO2. The minimum Gasteiger partial charge on any atom is -0.463 e. The molecule has 18 heavy (non-hydrogen) atoms. The summed E-state index contributed by atoms with van der Waals surface area (Å²) in [4.78, 5) is 14.3. The highest BCUT2D eigenvalue weighted by molar-refractivity contribution is 6.45. The highest BCUT2D eigenvalue weighted by atomic mass is 35.5. The molecule has 0 spiro atoms. The maximum Gasteiger partial charge on any atom is 0.330 e. The Balaban J connectivity index is 2.31. The highest BCUT2D eigenvalue weighted by Gasteiger charge is 2.06. The van der Waals surface area contributed by atoms with Crippen LogP contribution in [-0.2, 0) is 9.53 Å². The number of fused-ring (bicyclic) bond motifs is 1. The molecule has 2 aromatic rings. The minimum absolute atomic E-state index is 0.358. The highest BCUT2D eigenvalue weighted by Crippen LogP contribution is 2.30. The fourth-order valence-corrected chi connectivity index (χ4v) is 1.98. The molecule has 3 nitrogen and oxygen atoms in total. The van der Waals surface area contributed by atoms with Gasteiger partial charge < -0.3 is 9.72 Å². The van der Waals surface area contributed by atoms with Crippen LogP contribution < -0.4 is 0 Å². The van der Waals surface area contributed by atoms with Gasteiger partial charge in [-0.1, -0.05) is 29.3 Å². The molecule has 0 saturated heterocycles. The summed E-state index contributed by atoms with van der Waals surface area (Å²) < 4.78 is 4.79. The predicted molar refractivity (Wildman–Crippen MR) is 74.0 cm³/mol. The summed E-state index contributed by atoms with van der Waals surface area (Å²) in [6, 6.07) is 5.48. The number of hydrogen-bond donors (Lipinski definition) is 1. The summed E-state index contributed by atoms with van der Waals surface area (Å²) in [7, 11) is 0. The van der Waals surface area contributed by atoms with Gasteiger partial charge in [0, 0.05) is 17.2 Å². The Labute approximate surface area is 114 Å². The van der Waals surface area contributed by atoms with Crippen LogP contribution in [0.4, 0.5) is 0 Å². The number of benzene rings is 1. The van der Waals surface area contributed by atoms with Crippen molar-refractivity contribution in [2.45, 2.75) is 6.92 Å². The van der Waals surface area contributed by atoms with Gasteiger partial charge in [0.05, 0.1) is 22.2 Å². The van der Waals surface area contributed by atoms with Crippen molar-refractivity contribution >= 4 is 46.2 Å².